The summed E-state index contributed by atoms with van der Waals surface area (Å²) >= 11 is 0. The number of halogens is 3. The molecule has 0 unspecified atom stereocenters. The van der Waals surface area contributed by atoms with E-state index in [2.05, 4.69) is 6.92 Å². The molecule has 0 spiro atoms. The zero-order chi connectivity index (χ0) is 27.6. The van der Waals surface area contributed by atoms with E-state index in [1.54, 1.807) is 30.3 Å². The van der Waals surface area contributed by atoms with Gasteiger partial charge in [0.2, 0.25) is 0 Å². The van der Waals surface area contributed by atoms with Gasteiger partial charge in [-0.1, -0.05) is 99.2 Å². The molecular formula is C35H41F3O. The first-order valence-electron chi connectivity index (χ1n) is 14.6. The summed E-state index contributed by atoms with van der Waals surface area (Å²) in [6.07, 6.45) is 14.4. The number of hydrogen-bond donors (Lipinski definition) is 0. The Morgan fingerprint density at radius 3 is 2.23 bits per heavy atom. The number of ether oxygens (including phenoxy) is 1. The molecule has 0 atom stereocenters. The monoisotopic (exact) mass is 534 g/mol. The fourth-order valence-corrected chi connectivity index (χ4v) is 5.51. The molecule has 39 heavy (non-hydrogen) atoms. The van der Waals surface area contributed by atoms with Crippen molar-refractivity contribution in [3.63, 3.8) is 0 Å². The molecule has 0 bridgehead atoms. The summed E-state index contributed by atoms with van der Waals surface area (Å²) in [5.41, 5.74) is 3.01. The first kappa shape index (κ1) is 29.0. The molecule has 0 aromatic heterocycles. The van der Waals surface area contributed by atoms with Gasteiger partial charge in [0, 0.05) is 17.2 Å². The quantitative estimate of drug-likeness (QED) is 0.210. The van der Waals surface area contributed by atoms with Gasteiger partial charge >= 0.3 is 0 Å². The molecule has 0 amide bonds. The molecule has 0 radical (unpaired) electrons. The Balaban J connectivity index is 1.27. The maximum absolute atomic E-state index is 14.9. The minimum absolute atomic E-state index is 0.172. The van der Waals surface area contributed by atoms with Crippen LogP contribution in [-0.4, -0.2) is 6.61 Å². The van der Waals surface area contributed by atoms with Crippen LogP contribution in [0, 0.1) is 30.3 Å². The summed E-state index contributed by atoms with van der Waals surface area (Å²) in [4.78, 5) is 0. The fraction of sp³-hybridized carbons (Fsp3) is 0.429. The van der Waals surface area contributed by atoms with E-state index in [1.807, 2.05) is 37.3 Å². The Morgan fingerprint density at radius 1 is 0.795 bits per heavy atom. The minimum Gasteiger partial charge on any atom is -0.493 e. The van der Waals surface area contributed by atoms with Crippen molar-refractivity contribution in [3.05, 3.63) is 94.8 Å². The molecule has 0 heterocycles. The normalized spacial score (nSPS) is 17.6. The number of unbranched alkanes of at least 4 members (excludes halogenated alkanes) is 5. The maximum atomic E-state index is 14.9. The van der Waals surface area contributed by atoms with Gasteiger partial charge < -0.3 is 4.74 Å². The standard InChI is InChI=1S/C35H41F3O/c1-3-4-5-6-7-8-23-39-30-20-22-31(33(36)24-30)27-16-11-26(12-17-27)13-18-29-19-21-32(35(38)34(29)37)28-14-9-25(2)10-15-28/h9-10,13-15,18-22,24,26-27H,3-8,11-12,16-17,23H2,1-2H3/b18-13+. The smallest absolute Gasteiger partial charge is 0.167 e. The predicted molar refractivity (Wildman–Crippen MR) is 156 cm³/mol. The van der Waals surface area contributed by atoms with Crippen LogP contribution in [0.15, 0.2) is 60.7 Å². The van der Waals surface area contributed by atoms with Gasteiger partial charge in [-0.3, -0.25) is 0 Å². The Labute approximate surface area is 232 Å². The molecule has 208 valence electrons. The van der Waals surface area contributed by atoms with Crippen molar-refractivity contribution in [2.75, 3.05) is 6.61 Å². The number of allylic oxidation sites excluding steroid dienone is 1. The van der Waals surface area contributed by atoms with Crippen molar-refractivity contribution >= 4 is 6.08 Å². The molecule has 4 rings (SSSR count). The topological polar surface area (TPSA) is 9.23 Å². The van der Waals surface area contributed by atoms with Crippen molar-refractivity contribution in [1.82, 2.24) is 0 Å². The number of benzene rings is 3. The highest BCUT2D eigenvalue weighted by atomic mass is 19.2. The Morgan fingerprint density at radius 2 is 1.51 bits per heavy atom. The van der Waals surface area contributed by atoms with Crippen molar-refractivity contribution in [2.24, 2.45) is 5.92 Å². The van der Waals surface area contributed by atoms with E-state index in [9.17, 15) is 13.2 Å². The zero-order valence-electron chi connectivity index (χ0n) is 23.3. The van der Waals surface area contributed by atoms with Crippen LogP contribution >= 0.6 is 0 Å². The van der Waals surface area contributed by atoms with Crippen LogP contribution in [0.1, 0.15) is 93.7 Å². The zero-order valence-corrected chi connectivity index (χ0v) is 23.3. The van der Waals surface area contributed by atoms with Gasteiger partial charge in [-0.05, 0) is 68.1 Å². The van der Waals surface area contributed by atoms with E-state index in [-0.39, 0.29) is 28.8 Å². The van der Waals surface area contributed by atoms with Crippen LogP contribution in [0.4, 0.5) is 13.2 Å². The van der Waals surface area contributed by atoms with Gasteiger partial charge in [-0.25, -0.2) is 13.2 Å². The van der Waals surface area contributed by atoms with E-state index < -0.39 is 11.6 Å². The second-order valence-electron chi connectivity index (χ2n) is 11.0. The maximum Gasteiger partial charge on any atom is 0.167 e. The number of aryl methyl sites for hydroxylation is 1. The summed E-state index contributed by atoms with van der Waals surface area (Å²) in [6.45, 7) is 4.80. The fourth-order valence-electron chi connectivity index (χ4n) is 5.51. The summed E-state index contributed by atoms with van der Waals surface area (Å²) in [7, 11) is 0. The summed E-state index contributed by atoms with van der Waals surface area (Å²) in [5, 5.41) is 0. The van der Waals surface area contributed by atoms with E-state index in [0.717, 1.165) is 49.7 Å². The number of rotatable bonds is 12. The van der Waals surface area contributed by atoms with Crippen LogP contribution in [0.25, 0.3) is 17.2 Å². The van der Waals surface area contributed by atoms with Crippen LogP contribution in [-0.2, 0) is 0 Å². The van der Waals surface area contributed by atoms with Crippen molar-refractivity contribution in [3.8, 4) is 16.9 Å². The van der Waals surface area contributed by atoms with Crippen LogP contribution in [0.2, 0.25) is 0 Å². The van der Waals surface area contributed by atoms with Crippen molar-refractivity contribution < 1.29 is 17.9 Å². The molecule has 1 aliphatic rings. The third kappa shape index (κ3) is 8.00. The second-order valence-corrected chi connectivity index (χ2v) is 11.0. The van der Waals surface area contributed by atoms with Crippen molar-refractivity contribution in [1.29, 1.82) is 0 Å². The van der Waals surface area contributed by atoms with E-state index in [4.69, 9.17) is 4.74 Å². The molecule has 0 saturated heterocycles. The van der Waals surface area contributed by atoms with Gasteiger partial charge in [0.15, 0.2) is 11.6 Å². The van der Waals surface area contributed by atoms with E-state index in [0.29, 0.717) is 17.9 Å². The molecular weight excluding hydrogens is 493 g/mol. The molecule has 3 aromatic rings. The highest BCUT2D eigenvalue weighted by molar-refractivity contribution is 5.67. The lowest BCUT2D eigenvalue weighted by atomic mass is 9.78. The largest absolute Gasteiger partial charge is 0.493 e. The van der Waals surface area contributed by atoms with Gasteiger partial charge in [-0.15, -0.1) is 0 Å². The molecule has 4 heteroatoms. The molecule has 1 nitrogen and oxygen atoms in total. The molecule has 1 aliphatic carbocycles. The lowest BCUT2D eigenvalue weighted by Gasteiger charge is -2.27. The third-order valence-electron chi connectivity index (χ3n) is 7.97. The summed E-state index contributed by atoms with van der Waals surface area (Å²) < 4.78 is 50.3. The van der Waals surface area contributed by atoms with Gasteiger partial charge in [0.25, 0.3) is 0 Å². The van der Waals surface area contributed by atoms with Crippen LogP contribution in [0.5, 0.6) is 5.75 Å². The summed E-state index contributed by atoms with van der Waals surface area (Å²) in [6, 6.07) is 16.0. The van der Waals surface area contributed by atoms with Crippen molar-refractivity contribution in [2.45, 2.75) is 84.0 Å². The van der Waals surface area contributed by atoms with Crippen LogP contribution in [0.3, 0.4) is 0 Å². The SMILES string of the molecule is CCCCCCCCOc1ccc(C2CCC(/C=C/c3ccc(-c4ccc(C)cc4)c(F)c3F)CC2)c(F)c1. The van der Waals surface area contributed by atoms with Gasteiger partial charge in [0.1, 0.15) is 11.6 Å². The average Bonchev–Trinajstić information content (AvgIpc) is 2.94. The molecule has 3 aromatic carbocycles. The van der Waals surface area contributed by atoms with E-state index >= 15 is 0 Å². The molecule has 1 saturated carbocycles. The lowest BCUT2D eigenvalue weighted by molar-refractivity contribution is 0.302. The minimum atomic E-state index is -0.820. The van der Waals surface area contributed by atoms with Gasteiger partial charge in [0.05, 0.1) is 6.61 Å². The highest BCUT2D eigenvalue weighted by Crippen LogP contribution is 2.38. The van der Waals surface area contributed by atoms with Crippen LogP contribution < -0.4 is 4.74 Å². The third-order valence-corrected chi connectivity index (χ3v) is 7.97. The molecule has 0 aliphatic heterocycles. The molecule has 1 fully saturated rings. The predicted octanol–water partition coefficient (Wildman–Crippen LogP) is 10.8. The molecule has 0 N–H and O–H groups in total. The first-order valence-corrected chi connectivity index (χ1v) is 14.6. The average molecular weight is 535 g/mol. The lowest BCUT2D eigenvalue weighted by Crippen LogP contribution is -2.13. The number of hydrogen-bond acceptors (Lipinski definition) is 1. The van der Waals surface area contributed by atoms with Gasteiger partial charge in [-0.2, -0.15) is 0 Å². The Bertz CT molecular complexity index is 1220. The van der Waals surface area contributed by atoms with E-state index in [1.165, 1.54) is 31.7 Å². The Hall–Kier alpha value is -3.01. The second kappa shape index (κ2) is 14.4. The first-order chi connectivity index (χ1) is 19.0. The summed E-state index contributed by atoms with van der Waals surface area (Å²) in [5.74, 6) is -0.795. The highest BCUT2D eigenvalue weighted by Gasteiger charge is 2.23. The Kier molecular flexibility index (Phi) is 10.7.